The minimum absolute atomic E-state index is 0.0213. The Kier molecular flexibility index (Phi) is 7.71. The summed E-state index contributed by atoms with van der Waals surface area (Å²) in [5, 5.41) is 3.11. The van der Waals surface area contributed by atoms with E-state index in [0.29, 0.717) is 6.54 Å². The van der Waals surface area contributed by atoms with E-state index in [1.54, 1.807) is 14.2 Å². The van der Waals surface area contributed by atoms with Crippen LogP contribution in [0.2, 0.25) is 0 Å². The molecule has 1 saturated heterocycles. The van der Waals surface area contributed by atoms with E-state index in [1.807, 2.05) is 43.3 Å². The summed E-state index contributed by atoms with van der Waals surface area (Å²) in [6.07, 6.45) is 0. The fourth-order valence-electron chi connectivity index (χ4n) is 3.85. The number of carbonyl (C=O) groups is 1. The van der Waals surface area contributed by atoms with Gasteiger partial charge in [-0.25, -0.2) is 0 Å². The molecule has 30 heavy (non-hydrogen) atoms. The average Bonchev–Trinajstić information content (AvgIpc) is 2.76. The molecule has 1 atom stereocenters. The minimum atomic E-state index is 0.0213. The largest absolute Gasteiger partial charge is 0.493 e. The smallest absolute Gasteiger partial charge is 0.234 e. The zero-order valence-electron chi connectivity index (χ0n) is 18.5. The van der Waals surface area contributed by atoms with Gasteiger partial charge in [-0.05, 0) is 42.7 Å². The molecule has 1 aliphatic heterocycles. The van der Waals surface area contributed by atoms with Gasteiger partial charge in [-0.15, -0.1) is 0 Å². The van der Waals surface area contributed by atoms with Gasteiger partial charge in [0.1, 0.15) is 0 Å². The molecule has 0 bridgehead atoms. The number of rotatable bonds is 8. The van der Waals surface area contributed by atoms with Crippen LogP contribution >= 0.6 is 0 Å². The molecule has 2 aromatic carbocycles. The summed E-state index contributed by atoms with van der Waals surface area (Å²) in [7, 11) is 3.33. The molecule has 6 nitrogen and oxygen atoms in total. The van der Waals surface area contributed by atoms with E-state index < -0.39 is 0 Å². The SMILES string of the molecule is COc1cc(C)c(CN2CCN(CC(=O)N[C@@H](C)c3ccccc3)CC2)cc1OC. The lowest BCUT2D eigenvalue weighted by molar-refractivity contribution is -0.123. The first-order valence-corrected chi connectivity index (χ1v) is 10.5. The number of hydrogen-bond acceptors (Lipinski definition) is 5. The number of piperazine rings is 1. The van der Waals surface area contributed by atoms with Crippen LogP contribution < -0.4 is 14.8 Å². The van der Waals surface area contributed by atoms with Crippen molar-refractivity contribution >= 4 is 5.91 Å². The topological polar surface area (TPSA) is 54.0 Å². The molecule has 1 heterocycles. The van der Waals surface area contributed by atoms with E-state index in [-0.39, 0.29) is 11.9 Å². The highest BCUT2D eigenvalue weighted by molar-refractivity contribution is 5.78. The van der Waals surface area contributed by atoms with Gasteiger partial charge in [-0.2, -0.15) is 0 Å². The minimum Gasteiger partial charge on any atom is -0.493 e. The van der Waals surface area contributed by atoms with Crippen molar-refractivity contribution in [1.29, 1.82) is 0 Å². The fourth-order valence-corrected chi connectivity index (χ4v) is 3.85. The van der Waals surface area contributed by atoms with Crippen LogP contribution in [0, 0.1) is 6.92 Å². The quantitative estimate of drug-likeness (QED) is 0.724. The van der Waals surface area contributed by atoms with Gasteiger partial charge in [0.05, 0.1) is 26.8 Å². The number of hydrogen-bond donors (Lipinski definition) is 1. The number of benzene rings is 2. The third-order valence-electron chi connectivity index (χ3n) is 5.75. The Bertz CT molecular complexity index is 833. The number of aryl methyl sites for hydroxylation is 1. The van der Waals surface area contributed by atoms with Crippen molar-refractivity contribution in [2.75, 3.05) is 46.9 Å². The van der Waals surface area contributed by atoms with Gasteiger partial charge in [-0.1, -0.05) is 30.3 Å². The monoisotopic (exact) mass is 411 g/mol. The Morgan fingerprint density at radius 2 is 1.60 bits per heavy atom. The van der Waals surface area contributed by atoms with Gasteiger partial charge in [-0.3, -0.25) is 14.6 Å². The first-order chi connectivity index (χ1) is 14.5. The van der Waals surface area contributed by atoms with Gasteiger partial charge < -0.3 is 14.8 Å². The Balaban J connectivity index is 1.47. The number of nitrogens with zero attached hydrogens (tertiary/aromatic N) is 2. The van der Waals surface area contributed by atoms with Crippen LogP contribution in [0.5, 0.6) is 11.5 Å². The maximum Gasteiger partial charge on any atom is 0.234 e. The average molecular weight is 412 g/mol. The number of methoxy groups -OCH3 is 2. The molecule has 1 aliphatic rings. The molecule has 162 valence electrons. The Hall–Kier alpha value is -2.57. The lowest BCUT2D eigenvalue weighted by atomic mass is 10.1. The summed E-state index contributed by atoms with van der Waals surface area (Å²) in [4.78, 5) is 17.1. The molecule has 2 aromatic rings. The first-order valence-electron chi connectivity index (χ1n) is 10.5. The van der Waals surface area contributed by atoms with E-state index in [2.05, 4.69) is 28.1 Å². The van der Waals surface area contributed by atoms with Crippen LogP contribution in [-0.2, 0) is 11.3 Å². The van der Waals surface area contributed by atoms with Crippen molar-refractivity contribution in [3.05, 3.63) is 59.2 Å². The van der Waals surface area contributed by atoms with Crippen LogP contribution in [0.4, 0.5) is 0 Å². The third kappa shape index (κ3) is 5.74. The van der Waals surface area contributed by atoms with Gasteiger partial charge in [0, 0.05) is 32.7 Å². The normalized spacial score (nSPS) is 16.1. The van der Waals surface area contributed by atoms with E-state index in [4.69, 9.17) is 9.47 Å². The first kappa shape index (κ1) is 22.1. The van der Waals surface area contributed by atoms with Gasteiger partial charge >= 0.3 is 0 Å². The molecule has 1 N–H and O–H groups in total. The van der Waals surface area contributed by atoms with Crippen molar-refractivity contribution in [2.24, 2.45) is 0 Å². The summed E-state index contributed by atoms with van der Waals surface area (Å²) in [6.45, 7) is 9.10. The van der Waals surface area contributed by atoms with Crippen LogP contribution in [0.3, 0.4) is 0 Å². The van der Waals surface area contributed by atoms with Crippen LogP contribution in [0.1, 0.15) is 29.7 Å². The lowest BCUT2D eigenvalue weighted by Crippen LogP contribution is -2.49. The summed E-state index contributed by atoms with van der Waals surface area (Å²) in [6, 6.07) is 14.2. The molecule has 0 radical (unpaired) electrons. The van der Waals surface area contributed by atoms with E-state index in [9.17, 15) is 4.79 Å². The van der Waals surface area contributed by atoms with Crippen molar-refractivity contribution in [3.8, 4) is 11.5 Å². The summed E-state index contributed by atoms with van der Waals surface area (Å²) in [5.41, 5.74) is 3.57. The number of nitrogens with one attached hydrogen (secondary N) is 1. The zero-order chi connectivity index (χ0) is 21.5. The molecule has 0 spiro atoms. The van der Waals surface area contributed by atoms with Crippen molar-refractivity contribution < 1.29 is 14.3 Å². The Morgan fingerprint density at radius 1 is 1.00 bits per heavy atom. The summed E-state index contributed by atoms with van der Waals surface area (Å²) in [5.74, 6) is 1.61. The molecular formula is C24H33N3O3. The molecule has 1 fully saturated rings. The maximum absolute atomic E-state index is 12.5. The number of amides is 1. The molecule has 1 amide bonds. The Labute approximate surface area is 179 Å². The van der Waals surface area contributed by atoms with Gasteiger partial charge in [0.15, 0.2) is 11.5 Å². The van der Waals surface area contributed by atoms with E-state index >= 15 is 0 Å². The highest BCUT2D eigenvalue weighted by Gasteiger charge is 2.21. The highest BCUT2D eigenvalue weighted by atomic mass is 16.5. The second-order valence-corrected chi connectivity index (χ2v) is 7.89. The van der Waals surface area contributed by atoms with Crippen LogP contribution in [0.25, 0.3) is 0 Å². The van der Waals surface area contributed by atoms with Crippen molar-refractivity contribution in [3.63, 3.8) is 0 Å². The molecule has 6 heteroatoms. The second-order valence-electron chi connectivity index (χ2n) is 7.89. The summed E-state index contributed by atoms with van der Waals surface area (Å²) < 4.78 is 10.8. The van der Waals surface area contributed by atoms with Crippen LogP contribution in [0.15, 0.2) is 42.5 Å². The van der Waals surface area contributed by atoms with Crippen molar-refractivity contribution in [2.45, 2.75) is 26.4 Å². The lowest BCUT2D eigenvalue weighted by Gasteiger charge is -2.34. The molecule has 3 rings (SSSR count). The highest BCUT2D eigenvalue weighted by Crippen LogP contribution is 2.31. The summed E-state index contributed by atoms with van der Waals surface area (Å²) >= 11 is 0. The number of ether oxygens (including phenoxy) is 2. The molecule has 0 unspecified atom stereocenters. The Morgan fingerprint density at radius 3 is 2.23 bits per heavy atom. The molecule has 0 saturated carbocycles. The second kappa shape index (κ2) is 10.5. The van der Waals surface area contributed by atoms with Crippen LogP contribution in [-0.4, -0.2) is 62.7 Å². The molecule has 0 aromatic heterocycles. The van der Waals surface area contributed by atoms with E-state index in [0.717, 1.165) is 49.8 Å². The van der Waals surface area contributed by atoms with E-state index in [1.165, 1.54) is 11.1 Å². The van der Waals surface area contributed by atoms with Gasteiger partial charge in [0.25, 0.3) is 0 Å². The predicted octanol–water partition coefficient (Wildman–Crippen LogP) is 3.01. The predicted molar refractivity (Wildman–Crippen MR) is 119 cm³/mol. The molecule has 0 aliphatic carbocycles. The van der Waals surface area contributed by atoms with Crippen molar-refractivity contribution in [1.82, 2.24) is 15.1 Å². The molecular weight excluding hydrogens is 378 g/mol. The standard InChI is InChI=1S/C24H33N3O3/c1-18-14-22(29-3)23(30-4)15-21(18)16-26-10-12-27(13-11-26)17-24(28)25-19(2)20-8-6-5-7-9-20/h5-9,14-15,19H,10-13,16-17H2,1-4H3,(H,25,28)/t19-/m0/s1. The zero-order valence-corrected chi connectivity index (χ0v) is 18.5. The maximum atomic E-state index is 12.5. The number of carbonyl (C=O) groups excluding carboxylic acids is 1. The van der Waals surface area contributed by atoms with Gasteiger partial charge in [0.2, 0.25) is 5.91 Å². The third-order valence-corrected chi connectivity index (χ3v) is 5.75. The fraction of sp³-hybridized carbons (Fsp3) is 0.458.